The first kappa shape index (κ1) is 13.6. The highest BCUT2D eigenvalue weighted by Crippen LogP contribution is 2.26. The van der Waals surface area contributed by atoms with Crippen molar-refractivity contribution in [3.05, 3.63) is 34.6 Å². The first-order valence-corrected chi connectivity index (χ1v) is 5.56. The van der Waals surface area contributed by atoms with Gasteiger partial charge in [-0.25, -0.2) is 4.39 Å². The number of nitrogens with one attached hydrogen (secondary N) is 1. The van der Waals surface area contributed by atoms with Gasteiger partial charge < -0.3 is 11.1 Å². The molecule has 0 aliphatic rings. The number of hydrogen-bond donors (Lipinski definition) is 2. The second kappa shape index (κ2) is 4.84. The molecule has 0 heterocycles. The molecule has 1 aromatic rings. The van der Waals surface area contributed by atoms with Crippen LogP contribution in [0.4, 0.5) is 4.39 Å². The highest BCUT2D eigenvalue weighted by atomic mass is 19.1. The Balaban J connectivity index is 3.41. The predicted molar refractivity (Wildman–Crippen MR) is 66.4 cm³/mol. The molecule has 4 heteroatoms. The molecule has 1 aromatic carbocycles. The second-order valence-corrected chi connectivity index (χ2v) is 5.03. The SMILES string of the molecule is CNC(=O)c1c(F)cc(C(C)(C)C)cc1CN. The van der Waals surface area contributed by atoms with Crippen LogP contribution in [0.15, 0.2) is 12.1 Å². The Hall–Kier alpha value is -1.42. The van der Waals surface area contributed by atoms with E-state index in [9.17, 15) is 9.18 Å². The lowest BCUT2D eigenvalue weighted by molar-refractivity contribution is 0.0958. The molecule has 0 aliphatic heterocycles. The van der Waals surface area contributed by atoms with Gasteiger partial charge in [0, 0.05) is 13.6 Å². The fraction of sp³-hybridized carbons (Fsp3) is 0.462. The van der Waals surface area contributed by atoms with Crippen LogP contribution in [-0.2, 0) is 12.0 Å². The Morgan fingerprint density at radius 3 is 2.41 bits per heavy atom. The van der Waals surface area contributed by atoms with Crippen molar-refractivity contribution in [2.24, 2.45) is 5.73 Å². The molecule has 0 aliphatic carbocycles. The summed E-state index contributed by atoms with van der Waals surface area (Å²) in [7, 11) is 1.47. The Morgan fingerprint density at radius 2 is 2.00 bits per heavy atom. The van der Waals surface area contributed by atoms with Crippen molar-refractivity contribution >= 4 is 5.91 Å². The largest absolute Gasteiger partial charge is 0.355 e. The molecule has 0 atom stereocenters. The van der Waals surface area contributed by atoms with Gasteiger partial charge in [0.15, 0.2) is 0 Å². The summed E-state index contributed by atoms with van der Waals surface area (Å²) in [6.07, 6.45) is 0. The van der Waals surface area contributed by atoms with Crippen LogP contribution >= 0.6 is 0 Å². The molecule has 17 heavy (non-hydrogen) atoms. The normalized spacial score (nSPS) is 11.4. The third kappa shape index (κ3) is 2.82. The summed E-state index contributed by atoms with van der Waals surface area (Å²) in [5.74, 6) is -0.958. The lowest BCUT2D eigenvalue weighted by Gasteiger charge is -2.21. The maximum atomic E-state index is 13.9. The maximum absolute atomic E-state index is 13.9. The smallest absolute Gasteiger partial charge is 0.254 e. The topological polar surface area (TPSA) is 55.1 Å². The van der Waals surface area contributed by atoms with E-state index in [1.807, 2.05) is 20.8 Å². The van der Waals surface area contributed by atoms with Crippen molar-refractivity contribution in [2.75, 3.05) is 7.05 Å². The molecule has 0 unspecified atom stereocenters. The summed E-state index contributed by atoms with van der Waals surface area (Å²) in [5.41, 5.74) is 6.82. The van der Waals surface area contributed by atoms with Crippen LogP contribution in [0.5, 0.6) is 0 Å². The number of amides is 1. The Labute approximate surface area is 101 Å². The fourth-order valence-corrected chi connectivity index (χ4v) is 1.64. The molecule has 3 nitrogen and oxygen atoms in total. The standard InChI is InChI=1S/C13H19FN2O/c1-13(2,3)9-5-8(7-15)11(10(14)6-9)12(17)16-4/h5-6H,7,15H2,1-4H3,(H,16,17). The van der Waals surface area contributed by atoms with E-state index in [4.69, 9.17) is 5.73 Å². The van der Waals surface area contributed by atoms with Crippen molar-refractivity contribution < 1.29 is 9.18 Å². The van der Waals surface area contributed by atoms with Gasteiger partial charge in [0.1, 0.15) is 5.82 Å². The third-order valence-corrected chi connectivity index (χ3v) is 2.71. The monoisotopic (exact) mass is 238 g/mol. The van der Waals surface area contributed by atoms with Gasteiger partial charge in [0.05, 0.1) is 5.56 Å². The molecule has 0 spiro atoms. The Bertz CT molecular complexity index is 436. The van der Waals surface area contributed by atoms with E-state index < -0.39 is 11.7 Å². The summed E-state index contributed by atoms with van der Waals surface area (Å²) in [6.45, 7) is 6.11. The first-order chi connectivity index (χ1) is 7.81. The molecule has 1 rings (SSSR count). The van der Waals surface area contributed by atoms with E-state index >= 15 is 0 Å². The number of carbonyl (C=O) groups is 1. The summed E-state index contributed by atoms with van der Waals surface area (Å²) in [6, 6.07) is 3.21. The number of rotatable bonds is 2. The van der Waals surface area contributed by atoms with Gasteiger partial charge in [-0.3, -0.25) is 4.79 Å². The molecule has 94 valence electrons. The van der Waals surface area contributed by atoms with Gasteiger partial charge in [-0.15, -0.1) is 0 Å². The molecule has 0 saturated carbocycles. The van der Waals surface area contributed by atoms with Crippen LogP contribution in [0.25, 0.3) is 0 Å². The van der Waals surface area contributed by atoms with Gasteiger partial charge in [0.25, 0.3) is 5.91 Å². The fourth-order valence-electron chi connectivity index (χ4n) is 1.64. The van der Waals surface area contributed by atoms with Crippen molar-refractivity contribution in [1.29, 1.82) is 0 Å². The molecular weight excluding hydrogens is 219 g/mol. The zero-order valence-corrected chi connectivity index (χ0v) is 10.7. The van der Waals surface area contributed by atoms with Crippen LogP contribution in [0.3, 0.4) is 0 Å². The van der Waals surface area contributed by atoms with Crippen LogP contribution in [0.2, 0.25) is 0 Å². The average Bonchev–Trinajstić information content (AvgIpc) is 2.25. The number of nitrogens with two attached hydrogens (primary N) is 1. The Morgan fingerprint density at radius 1 is 1.41 bits per heavy atom. The van der Waals surface area contributed by atoms with Gasteiger partial charge >= 0.3 is 0 Å². The number of carbonyl (C=O) groups excluding carboxylic acids is 1. The Kier molecular flexibility index (Phi) is 3.88. The van der Waals surface area contributed by atoms with Crippen molar-refractivity contribution in [2.45, 2.75) is 32.7 Å². The number of halogens is 1. The zero-order valence-electron chi connectivity index (χ0n) is 10.7. The van der Waals surface area contributed by atoms with Gasteiger partial charge in [-0.2, -0.15) is 0 Å². The summed E-state index contributed by atoms with van der Waals surface area (Å²) in [5, 5.41) is 2.42. The van der Waals surface area contributed by atoms with Crippen LogP contribution in [-0.4, -0.2) is 13.0 Å². The minimum absolute atomic E-state index is 0.0444. The molecule has 0 fully saturated rings. The van der Waals surface area contributed by atoms with E-state index in [1.54, 1.807) is 6.07 Å². The molecule has 0 aromatic heterocycles. The predicted octanol–water partition coefficient (Wildman–Crippen LogP) is 1.94. The lowest BCUT2D eigenvalue weighted by Crippen LogP contribution is -2.23. The van der Waals surface area contributed by atoms with Crippen molar-refractivity contribution in [1.82, 2.24) is 5.32 Å². The molecule has 1 amide bonds. The summed E-state index contributed by atoms with van der Waals surface area (Å²) < 4.78 is 13.9. The maximum Gasteiger partial charge on any atom is 0.254 e. The van der Waals surface area contributed by atoms with Crippen LogP contribution in [0, 0.1) is 5.82 Å². The van der Waals surface area contributed by atoms with Crippen molar-refractivity contribution in [3.8, 4) is 0 Å². The van der Waals surface area contributed by atoms with Crippen LogP contribution in [0.1, 0.15) is 42.3 Å². The molecular formula is C13H19FN2O. The quantitative estimate of drug-likeness (QED) is 0.827. The van der Waals surface area contributed by atoms with E-state index in [0.717, 1.165) is 5.56 Å². The minimum atomic E-state index is -0.516. The summed E-state index contributed by atoms with van der Waals surface area (Å²) in [4.78, 5) is 11.6. The van der Waals surface area contributed by atoms with E-state index in [1.165, 1.54) is 13.1 Å². The van der Waals surface area contributed by atoms with Gasteiger partial charge in [-0.05, 0) is 22.6 Å². The van der Waals surface area contributed by atoms with Crippen LogP contribution < -0.4 is 11.1 Å². The zero-order chi connectivity index (χ0) is 13.2. The lowest BCUT2D eigenvalue weighted by atomic mass is 9.85. The third-order valence-electron chi connectivity index (χ3n) is 2.71. The minimum Gasteiger partial charge on any atom is -0.355 e. The van der Waals surface area contributed by atoms with Gasteiger partial charge in [0.2, 0.25) is 0 Å². The van der Waals surface area contributed by atoms with Crippen molar-refractivity contribution in [3.63, 3.8) is 0 Å². The highest BCUT2D eigenvalue weighted by Gasteiger charge is 2.21. The highest BCUT2D eigenvalue weighted by molar-refractivity contribution is 5.95. The second-order valence-electron chi connectivity index (χ2n) is 5.03. The number of hydrogen-bond acceptors (Lipinski definition) is 2. The van der Waals surface area contributed by atoms with E-state index in [0.29, 0.717) is 5.56 Å². The molecule has 0 saturated heterocycles. The summed E-state index contributed by atoms with van der Waals surface area (Å²) >= 11 is 0. The van der Waals surface area contributed by atoms with Gasteiger partial charge in [-0.1, -0.05) is 26.8 Å². The molecule has 3 N–H and O–H groups in total. The number of benzene rings is 1. The van der Waals surface area contributed by atoms with E-state index in [-0.39, 0.29) is 17.5 Å². The molecule has 0 radical (unpaired) electrons. The van der Waals surface area contributed by atoms with E-state index in [2.05, 4.69) is 5.32 Å². The first-order valence-electron chi connectivity index (χ1n) is 5.56. The molecule has 0 bridgehead atoms. The average molecular weight is 238 g/mol.